The van der Waals surface area contributed by atoms with Crippen molar-refractivity contribution in [3.05, 3.63) is 70.2 Å². The predicted octanol–water partition coefficient (Wildman–Crippen LogP) is 6.67. The molecule has 28 heavy (non-hydrogen) atoms. The zero-order valence-corrected chi connectivity index (χ0v) is 17.7. The van der Waals surface area contributed by atoms with Gasteiger partial charge < -0.3 is 4.74 Å². The molecule has 3 aromatic rings. The maximum Gasteiger partial charge on any atom is 0.152 e. The SMILES string of the molecule is CC(C)(C)N1COc2c(cc(-c3ccc(Cl)cc3)nc2-c2ccc(Cl)cc2)C1. The molecule has 0 fully saturated rings. The lowest BCUT2D eigenvalue weighted by atomic mass is 10.00. The molecule has 0 atom stereocenters. The van der Waals surface area contributed by atoms with Crippen molar-refractivity contribution >= 4 is 23.2 Å². The second-order valence-corrected chi connectivity index (χ2v) is 8.87. The summed E-state index contributed by atoms with van der Waals surface area (Å²) >= 11 is 12.1. The highest BCUT2D eigenvalue weighted by Gasteiger charge is 2.29. The molecule has 3 nitrogen and oxygen atoms in total. The Hall–Kier alpha value is -2.07. The standard InChI is InChI=1S/C23H22Cl2N2O/c1-23(2,3)27-13-17-12-20(15-4-8-18(24)9-5-15)26-21(22(17)28-14-27)16-6-10-19(25)11-7-16/h4-12H,13-14H2,1-3H3. The number of hydrogen-bond acceptors (Lipinski definition) is 3. The van der Waals surface area contributed by atoms with E-state index in [1.165, 1.54) is 0 Å². The minimum atomic E-state index is 0.0157. The molecule has 0 radical (unpaired) electrons. The van der Waals surface area contributed by atoms with Gasteiger partial charge in [-0.25, -0.2) is 4.98 Å². The molecule has 0 N–H and O–H groups in total. The number of ether oxygens (including phenoxy) is 1. The van der Waals surface area contributed by atoms with Gasteiger partial charge in [-0.15, -0.1) is 0 Å². The van der Waals surface area contributed by atoms with Gasteiger partial charge in [0.05, 0.1) is 5.69 Å². The molecule has 0 spiro atoms. The number of hydrogen-bond donors (Lipinski definition) is 0. The fourth-order valence-corrected chi connectivity index (χ4v) is 3.51. The van der Waals surface area contributed by atoms with E-state index in [4.69, 9.17) is 32.9 Å². The van der Waals surface area contributed by atoms with Gasteiger partial charge in [-0.1, -0.05) is 47.5 Å². The zero-order valence-electron chi connectivity index (χ0n) is 16.2. The van der Waals surface area contributed by atoms with Crippen molar-refractivity contribution in [2.45, 2.75) is 32.9 Å². The summed E-state index contributed by atoms with van der Waals surface area (Å²) in [5.74, 6) is 0.848. The smallest absolute Gasteiger partial charge is 0.152 e. The molecule has 0 bridgehead atoms. The van der Waals surface area contributed by atoms with Gasteiger partial charge in [-0.2, -0.15) is 0 Å². The Morgan fingerprint density at radius 1 is 0.893 bits per heavy atom. The largest absolute Gasteiger partial charge is 0.475 e. The first-order valence-corrected chi connectivity index (χ1v) is 10.0. The van der Waals surface area contributed by atoms with Gasteiger partial charge in [-0.3, -0.25) is 4.90 Å². The third kappa shape index (κ3) is 3.88. The summed E-state index contributed by atoms with van der Waals surface area (Å²) in [5.41, 5.74) is 4.90. The van der Waals surface area contributed by atoms with Crippen LogP contribution in [0.1, 0.15) is 26.3 Å². The molecule has 1 aliphatic heterocycles. The van der Waals surface area contributed by atoms with Gasteiger partial charge in [0.15, 0.2) is 5.75 Å². The molecule has 0 saturated heterocycles. The van der Waals surface area contributed by atoms with Crippen LogP contribution in [0.4, 0.5) is 0 Å². The topological polar surface area (TPSA) is 25.4 Å². The third-order valence-electron chi connectivity index (χ3n) is 4.98. The highest BCUT2D eigenvalue weighted by atomic mass is 35.5. The van der Waals surface area contributed by atoms with Gasteiger partial charge in [0.25, 0.3) is 0 Å². The van der Waals surface area contributed by atoms with E-state index >= 15 is 0 Å². The summed E-state index contributed by atoms with van der Waals surface area (Å²) in [5, 5.41) is 1.41. The van der Waals surface area contributed by atoms with E-state index in [0.717, 1.165) is 40.4 Å². The van der Waals surface area contributed by atoms with Crippen LogP contribution in [0.3, 0.4) is 0 Å². The van der Waals surface area contributed by atoms with Gasteiger partial charge in [-0.05, 0) is 51.1 Å². The van der Waals surface area contributed by atoms with Crippen molar-refractivity contribution in [3.8, 4) is 28.3 Å². The van der Waals surface area contributed by atoms with Crippen molar-refractivity contribution in [1.29, 1.82) is 0 Å². The molecular weight excluding hydrogens is 391 g/mol. The summed E-state index contributed by atoms with van der Waals surface area (Å²) in [4.78, 5) is 7.26. The second kappa shape index (κ2) is 7.40. The zero-order chi connectivity index (χ0) is 19.9. The molecule has 144 valence electrons. The molecule has 1 aromatic heterocycles. The lowest BCUT2D eigenvalue weighted by Gasteiger charge is -2.39. The van der Waals surface area contributed by atoms with Crippen molar-refractivity contribution in [2.75, 3.05) is 6.73 Å². The van der Waals surface area contributed by atoms with Crippen LogP contribution in [-0.2, 0) is 6.54 Å². The monoisotopic (exact) mass is 412 g/mol. The molecule has 0 amide bonds. The van der Waals surface area contributed by atoms with E-state index in [1.54, 1.807) is 0 Å². The van der Waals surface area contributed by atoms with Crippen molar-refractivity contribution < 1.29 is 4.74 Å². The van der Waals surface area contributed by atoms with Crippen LogP contribution < -0.4 is 4.74 Å². The highest BCUT2D eigenvalue weighted by Crippen LogP contribution is 2.39. The third-order valence-corrected chi connectivity index (χ3v) is 5.49. The number of pyridine rings is 1. The normalized spacial score (nSPS) is 14.5. The lowest BCUT2D eigenvalue weighted by Crippen LogP contribution is -2.45. The van der Waals surface area contributed by atoms with Crippen LogP contribution in [-0.4, -0.2) is 22.2 Å². The molecule has 2 heterocycles. The Balaban J connectivity index is 1.86. The molecule has 1 aliphatic rings. The number of nitrogens with zero attached hydrogens (tertiary/aromatic N) is 2. The van der Waals surface area contributed by atoms with E-state index in [9.17, 15) is 0 Å². The lowest BCUT2D eigenvalue weighted by molar-refractivity contribution is 0.0220. The quantitative estimate of drug-likeness (QED) is 0.469. The first-order valence-electron chi connectivity index (χ1n) is 9.25. The first-order chi connectivity index (χ1) is 13.3. The number of halogens is 2. The Kier molecular flexibility index (Phi) is 5.09. The molecule has 4 rings (SSSR count). The molecule has 0 aliphatic carbocycles. The Bertz CT molecular complexity index is 993. The fourth-order valence-electron chi connectivity index (χ4n) is 3.26. The maximum atomic E-state index is 6.20. The summed E-state index contributed by atoms with van der Waals surface area (Å²) in [6.45, 7) is 7.94. The summed E-state index contributed by atoms with van der Waals surface area (Å²) in [7, 11) is 0. The predicted molar refractivity (Wildman–Crippen MR) is 116 cm³/mol. The highest BCUT2D eigenvalue weighted by molar-refractivity contribution is 6.30. The van der Waals surface area contributed by atoms with E-state index < -0.39 is 0 Å². The summed E-state index contributed by atoms with van der Waals surface area (Å²) < 4.78 is 6.20. The number of fused-ring (bicyclic) bond motifs is 1. The number of aromatic nitrogens is 1. The molecule has 0 unspecified atom stereocenters. The van der Waals surface area contributed by atoms with Crippen LogP contribution in [0.5, 0.6) is 5.75 Å². The van der Waals surface area contributed by atoms with E-state index in [0.29, 0.717) is 16.8 Å². The number of rotatable bonds is 2. The summed E-state index contributed by atoms with van der Waals surface area (Å²) in [6.07, 6.45) is 0. The fraction of sp³-hybridized carbons (Fsp3) is 0.261. The minimum absolute atomic E-state index is 0.0157. The molecular formula is C23H22Cl2N2O. The van der Waals surface area contributed by atoms with Gasteiger partial charge in [0, 0.05) is 38.8 Å². The molecule has 5 heteroatoms. The van der Waals surface area contributed by atoms with Crippen LogP contribution in [0, 0.1) is 0 Å². The van der Waals surface area contributed by atoms with Gasteiger partial charge in [0.2, 0.25) is 0 Å². The average Bonchev–Trinajstić information content (AvgIpc) is 2.67. The van der Waals surface area contributed by atoms with Crippen LogP contribution in [0.15, 0.2) is 54.6 Å². The number of benzene rings is 2. The van der Waals surface area contributed by atoms with Crippen LogP contribution in [0.25, 0.3) is 22.5 Å². The molecule has 0 saturated carbocycles. The Morgan fingerprint density at radius 3 is 2.04 bits per heavy atom. The van der Waals surface area contributed by atoms with Crippen molar-refractivity contribution in [3.63, 3.8) is 0 Å². The van der Waals surface area contributed by atoms with Crippen LogP contribution >= 0.6 is 23.2 Å². The summed E-state index contributed by atoms with van der Waals surface area (Å²) in [6, 6.07) is 17.6. The molecule has 2 aromatic carbocycles. The van der Waals surface area contributed by atoms with Gasteiger partial charge >= 0.3 is 0 Å². The Morgan fingerprint density at radius 2 is 1.46 bits per heavy atom. The minimum Gasteiger partial charge on any atom is -0.475 e. The Labute approximate surface area is 175 Å². The van der Waals surface area contributed by atoms with Crippen molar-refractivity contribution in [1.82, 2.24) is 9.88 Å². The van der Waals surface area contributed by atoms with Crippen molar-refractivity contribution in [2.24, 2.45) is 0 Å². The maximum absolute atomic E-state index is 6.20. The van der Waals surface area contributed by atoms with E-state index in [2.05, 4.69) is 31.7 Å². The van der Waals surface area contributed by atoms with E-state index in [1.807, 2.05) is 48.5 Å². The van der Waals surface area contributed by atoms with E-state index in [-0.39, 0.29) is 5.54 Å². The first kappa shape index (κ1) is 19.3. The average molecular weight is 413 g/mol. The second-order valence-electron chi connectivity index (χ2n) is 8.00. The van der Waals surface area contributed by atoms with Crippen LogP contribution in [0.2, 0.25) is 10.0 Å². The van der Waals surface area contributed by atoms with Gasteiger partial charge in [0.1, 0.15) is 12.4 Å².